The van der Waals surface area contributed by atoms with E-state index < -0.39 is 0 Å². The van der Waals surface area contributed by atoms with E-state index in [9.17, 15) is 0 Å². The number of rotatable bonds is 5. The zero-order chi connectivity index (χ0) is 14.7. The molecule has 0 saturated carbocycles. The molecule has 0 spiro atoms. The highest BCUT2D eigenvalue weighted by molar-refractivity contribution is 6.30. The minimum atomic E-state index is 0.250. The lowest BCUT2D eigenvalue weighted by molar-refractivity contribution is 0.248. The van der Waals surface area contributed by atoms with Gasteiger partial charge in [-0.25, -0.2) is 0 Å². The first-order chi connectivity index (χ1) is 10.3. The first-order valence-corrected chi connectivity index (χ1v) is 7.65. The van der Waals surface area contributed by atoms with Gasteiger partial charge in [0, 0.05) is 28.9 Å². The molecule has 1 aliphatic rings. The average Bonchev–Trinajstić information content (AvgIpc) is 2.92. The number of nitrogens with zero attached hydrogens (tertiary/aromatic N) is 1. The van der Waals surface area contributed by atoms with Gasteiger partial charge in [0.15, 0.2) is 0 Å². The molecular weight excluding hydrogens is 284 g/mol. The molecule has 3 rings (SSSR count). The Morgan fingerprint density at radius 3 is 3.10 bits per heavy atom. The molecule has 1 heterocycles. The minimum Gasteiger partial charge on any atom is -0.492 e. The van der Waals surface area contributed by atoms with Crippen LogP contribution in [0.4, 0.5) is 0 Å². The lowest BCUT2D eigenvalue weighted by Gasteiger charge is -2.23. The van der Waals surface area contributed by atoms with E-state index in [0.29, 0.717) is 17.5 Å². The lowest BCUT2D eigenvalue weighted by Crippen LogP contribution is -2.37. The van der Waals surface area contributed by atoms with E-state index in [0.717, 1.165) is 18.6 Å². The van der Waals surface area contributed by atoms with Crippen LogP contribution in [0.25, 0.3) is 0 Å². The summed E-state index contributed by atoms with van der Waals surface area (Å²) in [7, 11) is 1.98. The molecule has 1 aliphatic carbocycles. The van der Waals surface area contributed by atoms with Gasteiger partial charge in [-0.1, -0.05) is 23.7 Å². The Kier molecular flexibility index (Phi) is 4.42. The van der Waals surface area contributed by atoms with Crippen LogP contribution < -0.4 is 10.1 Å². The Hall–Kier alpha value is -1.58. The van der Waals surface area contributed by atoms with Crippen molar-refractivity contribution < 1.29 is 4.74 Å². The molecular formula is C17H19ClN2O. The van der Waals surface area contributed by atoms with Crippen LogP contribution in [0.1, 0.15) is 23.6 Å². The third-order valence-corrected chi connectivity index (χ3v) is 4.32. The van der Waals surface area contributed by atoms with Gasteiger partial charge in [0.25, 0.3) is 0 Å². The van der Waals surface area contributed by atoms with Gasteiger partial charge in [-0.2, -0.15) is 0 Å². The Labute approximate surface area is 130 Å². The fourth-order valence-electron chi connectivity index (χ4n) is 2.98. The van der Waals surface area contributed by atoms with Crippen LogP contribution in [-0.4, -0.2) is 24.7 Å². The molecule has 110 valence electrons. The van der Waals surface area contributed by atoms with E-state index in [1.165, 1.54) is 11.3 Å². The monoisotopic (exact) mass is 302 g/mol. The number of hydrogen-bond acceptors (Lipinski definition) is 3. The summed E-state index contributed by atoms with van der Waals surface area (Å²) in [5.74, 6) is 1.22. The van der Waals surface area contributed by atoms with Crippen molar-refractivity contribution in [2.24, 2.45) is 0 Å². The topological polar surface area (TPSA) is 34.1 Å². The van der Waals surface area contributed by atoms with Crippen molar-refractivity contribution in [2.45, 2.75) is 24.8 Å². The fourth-order valence-corrected chi connectivity index (χ4v) is 3.16. The SMILES string of the molecule is CNC(COc1cccc(Cl)c1)C1CCc2cccnc21. The number of nitrogens with one attached hydrogen (secondary N) is 1. The van der Waals surface area contributed by atoms with E-state index in [4.69, 9.17) is 16.3 Å². The number of benzene rings is 1. The zero-order valence-electron chi connectivity index (χ0n) is 12.1. The Morgan fingerprint density at radius 2 is 2.29 bits per heavy atom. The van der Waals surface area contributed by atoms with E-state index in [2.05, 4.69) is 16.4 Å². The number of hydrogen-bond donors (Lipinski definition) is 1. The molecule has 0 radical (unpaired) electrons. The molecule has 3 nitrogen and oxygen atoms in total. The summed E-state index contributed by atoms with van der Waals surface area (Å²) in [6.07, 6.45) is 4.10. The molecule has 0 aliphatic heterocycles. The van der Waals surface area contributed by atoms with Gasteiger partial charge in [0.1, 0.15) is 12.4 Å². The molecule has 0 bridgehead atoms. The number of aryl methyl sites for hydroxylation is 1. The number of ether oxygens (including phenoxy) is 1. The predicted octanol–water partition coefficient (Wildman–Crippen LogP) is 3.43. The molecule has 0 amide bonds. The van der Waals surface area contributed by atoms with Gasteiger partial charge < -0.3 is 10.1 Å². The molecule has 2 atom stereocenters. The Bertz CT molecular complexity index is 617. The summed E-state index contributed by atoms with van der Waals surface area (Å²) in [6, 6.07) is 12.0. The first-order valence-electron chi connectivity index (χ1n) is 7.27. The summed E-state index contributed by atoms with van der Waals surface area (Å²) >= 11 is 5.98. The van der Waals surface area contributed by atoms with Crippen LogP contribution in [0, 0.1) is 0 Å². The van der Waals surface area contributed by atoms with Crippen molar-refractivity contribution in [1.29, 1.82) is 0 Å². The van der Waals surface area contributed by atoms with Crippen LogP contribution >= 0.6 is 11.6 Å². The predicted molar refractivity (Wildman–Crippen MR) is 85.1 cm³/mol. The first kappa shape index (κ1) is 14.4. The summed E-state index contributed by atoms with van der Waals surface area (Å²) in [5.41, 5.74) is 2.58. The summed E-state index contributed by atoms with van der Waals surface area (Å²) < 4.78 is 5.89. The number of fused-ring (bicyclic) bond motifs is 1. The van der Waals surface area contributed by atoms with Gasteiger partial charge >= 0.3 is 0 Å². The molecule has 1 aromatic carbocycles. The van der Waals surface area contributed by atoms with Crippen molar-refractivity contribution in [3.05, 3.63) is 58.9 Å². The zero-order valence-corrected chi connectivity index (χ0v) is 12.8. The molecule has 21 heavy (non-hydrogen) atoms. The number of likely N-dealkylation sites (N-methyl/N-ethyl adjacent to an activating group) is 1. The van der Waals surface area contributed by atoms with Crippen LogP contribution in [-0.2, 0) is 6.42 Å². The maximum Gasteiger partial charge on any atom is 0.120 e. The van der Waals surface area contributed by atoms with Gasteiger partial charge in [-0.15, -0.1) is 0 Å². The highest BCUT2D eigenvalue weighted by Crippen LogP contribution is 2.33. The van der Waals surface area contributed by atoms with Gasteiger partial charge in [-0.05, 0) is 49.7 Å². The van der Waals surface area contributed by atoms with Crippen LogP contribution in [0.2, 0.25) is 5.02 Å². The van der Waals surface area contributed by atoms with Crippen LogP contribution in [0.3, 0.4) is 0 Å². The Balaban J connectivity index is 1.69. The molecule has 0 fully saturated rings. The van der Waals surface area contributed by atoms with Crippen molar-refractivity contribution >= 4 is 11.6 Å². The molecule has 4 heteroatoms. The smallest absolute Gasteiger partial charge is 0.120 e. The highest BCUT2D eigenvalue weighted by atomic mass is 35.5. The fraction of sp³-hybridized carbons (Fsp3) is 0.353. The quantitative estimate of drug-likeness (QED) is 0.919. The molecule has 2 aromatic rings. The highest BCUT2D eigenvalue weighted by Gasteiger charge is 2.30. The third kappa shape index (κ3) is 3.20. The maximum absolute atomic E-state index is 5.98. The van der Waals surface area contributed by atoms with E-state index in [1.807, 2.05) is 43.6 Å². The van der Waals surface area contributed by atoms with Crippen molar-refractivity contribution in [1.82, 2.24) is 10.3 Å². The number of halogens is 1. The third-order valence-electron chi connectivity index (χ3n) is 4.08. The number of pyridine rings is 1. The van der Waals surface area contributed by atoms with Gasteiger partial charge in [0.05, 0.1) is 0 Å². The van der Waals surface area contributed by atoms with E-state index in [1.54, 1.807) is 0 Å². The summed E-state index contributed by atoms with van der Waals surface area (Å²) in [4.78, 5) is 4.56. The molecule has 2 unspecified atom stereocenters. The second-order valence-electron chi connectivity index (χ2n) is 5.36. The van der Waals surface area contributed by atoms with Gasteiger partial charge in [0.2, 0.25) is 0 Å². The van der Waals surface area contributed by atoms with Crippen molar-refractivity contribution in [3.63, 3.8) is 0 Å². The normalized spacial score (nSPS) is 18.3. The molecule has 1 N–H and O–H groups in total. The number of aromatic nitrogens is 1. The lowest BCUT2D eigenvalue weighted by atomic mass is 9.97. The summed E-state index contributed by atoms with van der Waals surface area (Å²) in [5, 5.41) is 4.07. The standard InChI is InChI=1S/C17H19ClN2O/c1-19-16(11-21-14-6-2-5-13(18)10-14)15-8-7-12-4-3-9-20-17(12)15/h2-6,9-10,15-16,19H,7-8,11H2,1H3. The molecule has 0 saturated heterocycles. The van der Waals surface area contributed by atoms with Crippen LogP contribution in [0.15, 0.2) is 42.6 Å². The van der Waals surface area contributed by atoms with Crippen molar-refractivity contribution in [3.8, 4) is 5.75 Å². The molecule has 1 aromatic heterocycles. The second-order valence-corrected chi connectivity index (χ2v) is 5.79. The van der Waals surface area contributed by atoms with Crippen LogP contribution in [0.5, 0.6) is 5.75 Å². The Morgan fingerprint density at radius 1 is 1.38 bits per heavy atom. The van der Waals surface area contributed by atoms with E-state index in [-0.39, 0.29) is 6.04 Å². The largest absolute Gasteiger partial charge is 0.492 e. The van der Waals surface area contributed by atoms with Crippen molar-refractivity contribution in [2.75, 3.05) is 13.7 Å². The van der Waals surface area contributed by atoms with Gasteiger partial charge in [-0.3, -0.25) is 4.98 Å². The maximum atomic E-state index is 5.98. The minimum absolute atomic E-state index is 0.250. The van der Waals surface area contributed by atoms with E-state index >= 15 is 0 Å². The average molecular weight is 303 g/mol. The summed E-state index contributed by atoms with van der Waals surface area (Å²) in [6.45, 7) is 0.609. The second kappa shape index (κ2) is 6.46.